The van der Waals surface area contributed by atoms with Crippen molar-refractivity contribution in [2.75, 3.05) is 7.05 Å². The van der Waals surface area contributed by atoms with E-state index in [0.717, 1.165) is 25.7 Å². The fourth-order valence-electron chi connectivity index (χ4n) is 2.81. The quantitative estimate of drug-likeness (QED) is 0.920. The lowest BCUT2D eigenvalue weighted by Crippen LogP contribution is -2.33. The average molecular weight is 279 g/mol. The number of aryl methyl sites for hydroxylation is 1. The molecule has 5 heteroatoms. The van der Waals surface area contributed by atoms with Gasteiger partial charge in [-0.2, -0.15) is 0 Å². The van der Waals surface area contributed by atoms with E-state index < -0.39 is 5.97 Å². The first-order valence-corrected chi connectivity index (χ1v) is 7.06. The lowest BCUT2D eigenvalue weighted by molar-refractivity contribution is -0.136. The van der Waals surface area contributed by atoms with Crippen LogP contribution in [0, 0.1) is 12.8 Å². The third-order valence-corrected chi connectivity index (χ3v) is 3.92. The number of nitrogens with zero attached hydrogens (tertiary/aromatic N) is 1. The number of carbonyl (C=O) groups is 2. The zero-order valence-electron chi connectivity index (χ0n) is 12.0. The Hall–Kier alpha value is -1.78. The first kappa shape index (κ1) is 14.6. The molecule has 0 unspecified atom stereocenters. The van der Waals surface area contributed by atoms with Crippen LogP contribution in [0.25, 0.3) is 0 Å². The van der Waals surface area contributed by atoms with Crippen LogP contribution in [0.1, 0.15) is 54.0 Å². The van der Waals surface area contributed by atoms with Crippen LogP contribution in [0.5, 0.6) is 0 Å². The molecule has 0 radical (unpaired) electrons. The predicted molar refractivity (Wildman–Crippen MR) is 73.5 cm³/mol. The van der Waals surface area contributed by atoms with E-state index in [9.17, 15) is 9.59 Å². The predicted octanol–water partition coefficient (Wildman–Crippen LogP) is 2.82. The second-order valence-electron chi connectivity index (χ2n) is 5.52. The van der Waals surface area contributed by atoms with Crippen LogP contribution in [0.15, 0.2) is 10.5 Å². The molecule has 0 atom stereocenters. The van der Waals surface area contributed by atoms with Gasteiger partial charge >= 0.3 is 5.97 Å². The molecule has 1 heterocycles. The summed E-state index contributed by atoms with van der Waals surface area (Å²) < 4.78 is 5.41. The minimum absolute atomic E-state index is 0.115. The van der Waals surface area contributed by atoms with Crippen LogP contribution < -0.4 is 0 Å². The molecule has 0 bridgehead atoms. The highest BCUT2D eigenvalue weighted by Gasteiger charge is 2.25. The summed E-state index contributed by atoms with van der Waals surface area (Å²) in [4.78, 5) is 24.9. The third kappa shape index (κ3) is 3.21. The number of hydrogen-bond acceptors (Lipinski definition) is 3. The summed E-state index contributed by atoms with van der Waals surface area (Å²) in [6.45, 7) is 1.94. The number of rotatable bonds is 4. The van der Waals surface area contributed by atoms with Crippen molar-refractivity contribution in [1.82, 2.24) is 4.90 Å². The molecule has 20 heavy (non-hydrogen) atoms. The van der Waals surface area contributed by atoms with Crippen molar-refractivity contribution in [3.05, 3.63) is 23.2 Å². The molecule has 1 aliphatic carbocycles. The molecule has 110 valence electrons. The van der Waals surface area contributed by atoms with Crippen LogP contribution in [-0.2, 0) is 11.3 Å². The minimum Gasteiger partial charge on any atom is -0.478 e. The smallest absolute Gasteiger partial charge is 0.339 e. The molecule has 1 aromatic heterocycles. The molecular weight excluding hydrogens is 258 g/mol. The van der Waals surface area contributed by atoms with Gasteiger partial charge < -0.3 is 14.4 Å². The van der Waals surface area contributed by atoms with Crippen LogP contribution in [-0.4, -0.2) is 28.9 Å². The van der Waals surface area contributed by atoms with Gasteiger partial charge in [-0.25, -0.2) is 4.79 Å². The Morgan fingerprint density at radius 2 is 2.00 bits per heavy atom. The van der Waals surface area contributed by atoms with Gasteiger partial charge in [0.1, 0.15) is 17.1 Å². The van der Waals surface area contributed by atoms with E-state index in [1.807, 2.05) is 0 Å². The molecule has 1 amide bonds. The molecule has 1 fully saturated rings. The molecule has 2 rings (SSSR count). The van der Waals surface area contributed by atoms with E-state index in [4.69, 9.17) is 9.52 Å². The fraction of sp³-hybridized carbons (Fsp3) is 0.600. The summed E-state index contributed by atoms with van der Waals surface area (Å²) in [7, 11) is 1.75. The van der Waals surface area contributed by atoms with Gasteiger partial charge in [-0.05, 0) is 25.8 Å². The molecule has 0 aromatic carbocycles. The molecule has 1 aromatic rings. The van der Waals surface area contributed by atoms with Crippen LogP contribution in [0.2, 0.25) is 0 Å². The maximum Gasteiger partial charge on any atom is 0.339 e. The van der Waals surface area contributed by atoms with Gasteiger partial charge in [0.25, 0.3) is 0 Å². The van der Waals surface area contributed by atoms with E-state index in [2.05, 4.69) is 0 Å². The van der Waals surface area contributed by atoms with Gasteiger partial charge in [0, 0.05) is 13.0 Å². The lowest BCUT2D eigenvalue weighted by Gasteiger charge is -2.25. The number of hydrogen-bond donors (Lipinski definition) is 1. The van der Waals surface area contributed by atoms with Crippen molar-refractivity contribution in [2.45, 2.75) is 45.6 Å². The number of furan rings is 1. The summed E-state index contributed by atoms with van der Waals surface area (Å²) in [6.07, 6.45) is 5.37. The average Bonchev–Trinajstić information content (AvgIpc) is 2.79. The van der Waals surface area contributed by atoms with Crippen LogP contribution >= 0.6 is 0 Å². The Balaban J connectivity index is 1.99. The Kier molecular flexibility index (Phi) is 4.47. The number of amides is 1. The van der Waals surface area contributed by atoms with Crippen LogP contribution in [0.4, 0.5) is 0 Å². The first-order valence-electron chi connectivity index (χ1n) is 7.06. The molecule has 1 N–H and O–H groups in total. The van der Waals surface area contributed by atoms with Crippen molar-refractivity contribution in [3.8, 4) is 0 Å². The largest absolute Gasteiger partial charge is 0.478 e. The Labute approximate surface area is 118 Å². The number of aromatic carboxylic acids is 1. The van der Waals surface area contributed by atoms with E-state index in [0.29, 0.717) is 18.1 Å². The highest BCUT2D eigenvalue weighted by atomic mass is 16.4. The molecule has 0 saturated heterocycles. The molecule has 1 aliphatic rings. The Morgan fingerprint density at radius 3 is 2.55 bits per heavy atom. The van der Waals surface area contributed by atoms with Gasteiger partial charge in [0.05, 0.1) is 6.54 Å². The zero-order valence-corrected chi connectivity index (χ0v) is 12.0. The van der Waals surface area contributed by atoms with E-state index >= 15 is 0 Å². The summed E-state index contributed by atoms with van der Waals surface area (Å²) in [5, 5.41) is 8.99. The van der Waals surface area contributed by atoms with E-state index in [1.54, 1.807) is 18.9 Å². The van der Waals surface area contributed by atoms with Gasteiger partial charge in [0.2, 0.25) is 5.91 Å². The Bertz CT molecular complexity index is 500. The van der Waals surface area contributed by atoms with Crippen molar-refractivity contribution >= 4 is 11.9 Å². The summed E-state index contributed by atoms with van der Waals surface area (Å²) in [5.41, 5.74) is 0.165. The number of carboxylic acids is 1. The SMILES string of the molecule is Cc1oc(CN(C)C(=O)C2CCCCC2)cc1C(=O)O. The molecule has 1 saturated carbocycles. The number of carbonyl (C=O) groups excluding carboxylic acids is 1. The maximum absolute atomic E-state index is 12.3. The number of carboxylic acid groups (broad SMARTS) is 1. The maximum atomic E-state index is 12.3. The monoisotopic (exact) mass is 279 g/mol. The van der Waals surface area contributed by atoms with E-state index in [1.165, 1.54) is 12.5 Å². The summed E-state index contributed by atoms with van der Waals surface area (Å²) >= 11 is 0. The standard InChI is InChI=1S/C15H21NO4/c1-10-13(15(18)19)8-12(20-10)9-16(2)14(17)11-6-4-3-5-7-11/h8,11H,3-7,9H2,1-2H3,(H,18,19). The zero-order chi connectivity index (χ0) is 14.7. The van der Waals surface area contributed by atoms with Gasteiger partial charge in [-0.15, -0.1) is 0 Å². The van der Waals surface area contributed by atoms with Gasteiger partial charge in [-0.3, -0.25) is 4.79 Å². The van der Waals surface area contributed by atoms with Crippen molar-refractivity contribution < 1.29 is 19.1 Å². The van der Waals surface area contributed by atoms with Crippen molar-refractivity contribution in [2.24, 2.45) is 5.92 Å². The highest BCUT2D eigenvalue weighted by molar-refractivity contribution is 5.88. The van der Waals surface area contributed by atoms with E-state index in [-0.39, 0.29) is 17.4 Å². The van der Waals surface area contributed by atoms with Crippen molar-refractivity contribution in [1.29, 1.82) is 0 Å². The van der Waals surface area contributed by atoms with Crippen LogP contribution in [0.3, 0.4) is 0 Å². The van der Waals surface area contributed by atoms with Gasteiger partial charge in [-0.1, -0.05) is 19.3 Å². The third-order valence-electron chi connectivity index (χ3n) is 3.92. The lowest BCUT2D eigenvalue weighted by atomic mass is 9.88. The molecule has 0 aliphatic heterocycles. The summed E-state index contributed by atoms with van der Waals surface area (Å²) in [5.74, 6) is 0.149. The topological polar surface area (TPSA) is 70.8 Å². The molecule has 5 nitrogen and oxygen atoms in total. The molecular formula is C15H21NO4. The normalized spacial score (nSPS) is 16.1. The fourth-order valence-corrected chi connectivity index (χ4v) is 2.81. The second kappa shape index (κ2) is 6.11. The Morgan fingerprint density at radius 1 is 1.35 bits per heavy atom. The highest BCUT2D eigenvalue weighted by Crippen LogP contribution is 2.26. The second-order valence-corrected chi connectivity index (χ2v) is 5.52. The first-order chi connectivity index (χ1) is 9.49. The molecule has 0 spiro atoms. The minimum atomic E-state index is -1.00. The van der Waals surface area contributed by atoms with Gasteiger partial charge in [0.15, 0.2) is 0 Å². The van der Waals surface area contributed by atoms with Crippen molar-refractivity contribution in [3.63, 3.8) is 0 Å². The summed E-state index contributed by atoms with van der Waals surface area (Å²) in [6, 6.07) is 1.50.